The van der Waals surface area contributed by atoms with E-state index >= 15 is 0 Å². The van der Waals surface area contributed by atoms with Gasteiger partial charge in [0.1, 0.15) is 0 Å². The van der Waals surface area contributed by atoms with Crippen LogP contribution >= 0.6 is 11.8 Å². The lowest BCUT2D eigenvalue weighted by molar-refractivity contribution is -0.139. The number of hydrogen-bond donors (Lipinski definition) is 0. The van der Waals surface area contributed by atoms with Crippen molar-refractivity contribution >= 4 is 28.8 Å². The van der Waals surface area contributed by atoms with E-state index in [0.29, 0.717) is 27.9 Å². The summed E-state index contributed by atoms with van der Waals surface area (Å²) >= 11 is 1.39. The second-order valence-electron chi connectivity index (χ2n) is 6.10. The van der Waals surface area contributed by atoms with E-state index in [0.717, 1.165) is 5.56 Å². The number of hydrogen-bond acceptors (Lipinski definition) is 7. The molecule has 0 aliphatic carbocycles. The molecule has 2 atom stereocenters. The Bertz CT molecular complexity index is 849. The van der Waals surface area contributed by atoms with Crippen molar-refractivity contribution in [3.63, 3.8) is 0 Å². The molecular weight excluding hydrogens is 368 g/mol. The number of fused-ring (bicyclic) bond motifs is 1. The standard InChI is InChI=1S/C19H22N2O5S/c1-6-26-18(23)15-10(2)20-19-21(17(22)11(3)27-19)16(15)12-7-8-13(24-4)14(9-12)25-5/h7-9,11,16H,6H2,1-5H3/t11-,16+/m0/s1. The number of esters is 1. The summed E-state index contributed by atoms with van der Waals surface area (Å²) in [5.41, 5.74) is 1.63. The smallest absolute Gasteiger partial charge is 0.338 e. The quantitative estimate of drug-likeness (QED) is 0.720. The Balaban J connectivity index is 2.17. The Labute approximate surface area is 162 Å². The molecule has 0 radical (unpaired) electrons. The van der Waals surface area contributed by atoms with E-state index in [9.17, 15) is 9.59 Å². The molecule has 144 valence electrons. The molecule has 1 fully saturated rings. The van der Waals surface area contributed by atoms with Crippen molar-refractivity contribution in [2.45, 2.75) is 32.1 Å². The average molecular weight is 390 g/mol. The number of rotatable bonds is 5. The van der Waals surface area contributed by atoms with Crippen LogP contribution in [0.3, 0.4) is 0 Å². The van der Waals surface area contributed by atoms with Crippen LogP contribution in [0, 0.1) is 0 Å². The van der Waals surface area contributed by atoms with Crippen molar-refractivity contribution in [3.8, 4) is 11.5 Å². The SMILES string of the molecule is CCOC(=O)C1=C(C)N=C2S[C@@H](C)C(=O)N2[C@@H]1c1ccc(OC)c(OC)c1. The van der Waals surface area contributed by atoms with E-state index in [4.69, 9.17) is 14.2 Å². The molecule has 27 heavy (non-hydrogen) atoms. The molecule has 0 saturated carbocycles. The molecule has 1 aromatic rings. The second kappa shape index (κ2) is 7.64. The molecule has 2 aliphatic heterocycles. The summed E-state index contributed by atoms with van der Waals surface area (Å²) < 4.78 is 16.0. The zero-order valence-corrected chi connectivity index (χ0v) is 16.8. The summed E-state index contributed by atoms with van der Waals surface area (Å²) in [6.07, 6.45) is 0. The molecular formula is C19H22N2O5S. The number of carbonyl (C=O) groups is 2. The van der Waals surface area contributed by atoms with Crippen LogP contribution in [-0.4, -0.2) is 48.0 Å². The molecule has 1 amide bonds. The number of amides is 1. The largest absolute Gasteiger partial charge is 0.493 e. The minimum absolute atomic E-state index is 0.0900. The van der Waals surface area contributed by atoms with Gasteiger partial charge in [-0.1, -0.05) is 17.8 Å². The molecule has 0 spiro atoms. The molecule has 8 heteroatoms. The van der Waals surface area contributed by atoms with Gasteiger partial charge in [-0.15, -0.1) is 0 Å². The predicted molar refractivity (Wildman–Crippen MR) is 103 cm³/mol. The van der Waals surface area contributed by atoms with E-state index < -0.39 is 12.0 Å². The van der Waals surface area contributed by atoms with E-state index in [1.807, 2.05) is 13.0 Å². The molecule has 2 heterocycles. The maximum absolute atomic E-state index is 12.8. The van der Waals surface area contributed by atoms with Crippen LogP contribution in [0.1, 0.15) is 32.4 Å². The van der Waals surface area contributed by atoms with E-state index in [-0.39, 0.29) is 17.8 Å². The maximum atomic E-state index is 12.8. The Morgan fingerprint density at radius 2 is 1.96 bits per heavy atom. The Morgan fingerprint density at radius 3 is 2.59 bits per heavy atom. The van der Waals surface area contributed by atoms with Crippen LogP contribution in [-0.2, 0) is 14.3 Å². The first-order chi connectivity index (χ1) is 12.9. The third kappa shape index (κ3) is 3.29. The number of methoxy groups -OCH3 is 2. The van der Waals surface area contributed by atoms with Gasteiger partial charge in [0.05, 0.1) is 43.4 Å². The number of thioether (sulfide) groups is 1. The fourth-order valence-electron chi connectivity index (χ4n) is 3.21. The molecule has 0 N–H and O–H groups in total. The molecule has 1 aromatic carbocycles. The van der Waals surface area contributed by atoms with Gasteiger partial charge >= 0.3 is 5.97 Å². The van der Waals surface area contributed by atoms with Gasteiger partial charge in [0.2, 0.25) is 5.91 Å². The average Bonchev–Trinajstić information content (AvgIpc) is 2.93. The summed E-state index contributed by atoms with van der Waals surface area (Å²) in [6.45, 7) is 5.58. The summed E-state index contributed by atoms with van der Waals surface area (Å²) in [7, 11) is 3.10. The number of nitrogens with zero attached hydrogens (tertiary/aromatic N) is 2. The topological polar surface area (TPSA) is 77.4 Å². The summed E-state index contributed by atoms with van der Waals surface area (Å²) in [5.74, 6) is 0.523. The fraction of sp³-hybridized carbons (Fsp3) is 0.421. The Morgan fingerprint density at radius 1 is 1.26 bits per heavy atom. The summed E-state index contributed by atoms with van der Waals surface area (Å²) in [4.78, 5) is 31.6. The molecule has 2 aliphatic rings. The van der Waals surface area contributed by atoms with Crippen molar-refractivity contribution in [1.82, 2.24) is 4.90 Å². The normalized spacial score (nSPS) is 21.7. The first-order valence-corrected chi connectivity index (χ1v) is 9.49. The lowest BCUT2D eigenvalue weighted by Crippen LogP contribution is -2.40. The van der Waals surface area contributed by atoms with Gasteiger partial charge in [-0.05, 0) is 38.5 Å². The molecule has 7 nitrogen and oxygen atoms in total. The van der Waals surface area contributed by atoms with Crippen molar-refractivity contribution in [2.75, 3.05) is 20.8 Å². The van der Waals surface area contributed by atoms with Gasteiger partial charge in [-0.2, -0.15) is 0 Å². The van der Waals surface area contributed by atoms with Crippen LogP contribution in [0.2, 0.25) is 0 Å². The van der Waals surface area contributed by atoms with Gasteiger partial charge in [0.15, 0.2) is 16.7 Å². The van der Waals surface area contributed by atoms with Crippen molar-refractivity contribution in [2.24, 2.45) is 4.99 Å². The zero-order valence-electron chi connectivity index (χ0n) is 15.9. The highest BCUT2D eigenvalue weighted by molar-refractivity contribution is 8.15. The van der Waals surface area contributed by atoms with Gasteiger partial charge < -0.3 is 14.2 Å². The lowest BCUT2D eigenvalue weighted by atomic mass is 9.94. The molecule has 0 unspecified atom stereocenters. The third-order valence-corrected chi connectivity index (χ3v) is 5.53. The predicted octanol–water partition coefficient (Wildman–Crippen LogP) is 2.92. The number of amidine groups is 1. The first-order valence-electron chi connectivity index (χ1n) is 8.61. The van der Waals surface area contributed by atoms with E-state index in [1.165, 1.54) is 11.8 Å². The number of aliphatic imine (C=N–C) groups is 1. The van der Waals surface area contributed by atoms with Gasteiger partial charge in [0.25, 0.3) is 0 Å². The number of carbonyl (C=O) groups excluding carboxylic acids is 2. The molecule has 0 aromatic heterocycles. The molecule has 3 rings (SSSR count). The van der Waals surface area contributed by atoms with Gasteiger partial charge in [-0.25, -0.2) is 9.79 Å². The van der Waals surface area contributed by atoms with Crippen molar-refractivity contribution in [3.05, 3.63) is 35.0 Å². The maximum Gasteiger partial charge on any atom is 0.338 e. The van der Waals surface area contributed by atoms with Crippen LogP contribution < -0.4 is 9.47 Å². The van der Waals surface area contributed by atoms with Crippen molar-refractivity contribution < 1.29 is 23.8 Å². The van der Waals surface area contributed by atoms with E-state index in [1.54, 1.807) is 45.1 Å². The van der Waals surface area contributed by atoms with Gasteiger partial charge in [0, 0.05) is 0 Å². The number of ether oxygens (including phenoxy) is 3. The third-order valence-electron chi connectivity index (χ3n) is 4.48. The first kappa shape index (κ1) is 19.3. The highest BCUT2D eigenvalue weighted by Gasteiger charge is 2.46. The number of benzene rings is 1. The fourth-order valence-corrected chi connectivity index (χ4v) is 4.24. The monoisotopic (exact) mass is 390 g/mol. The minimum Gasteiger partial charge on any atom is -0.493 e. The zero-order chi connectivity index (χ0) is 19.7. The second-order valence-corrected chi connectivity index (χ2v) is 7.41. The highest BCUT2D eigenvalue weighted by Crippen LogP contribution is 2.44. The summed E-state index contributed by atoms with van der Waals surface area (Å²) in [6, 6.07) is 4.73. The molecule has 1 saturated heterocycles. The summed E-state index contributed by atoms with van der Waals surface area (Å²) in [5, 5.41) is 0.332. The molecule has 0 bridgehead atoms. The Hall–Kier alpha value is -2.48. The van der Waals surface area contributed by atoms with Crippen LogP contribution in [0.5, 0.6) is 11.5 Å². The Kier molecular flexibility index (Phi) is 5.46. The number of allylic oxidation sites excluding steroid dienone is 1. The lowest BCUT2D eigenvalue weighted by Gasteiger charge is -2.33. The highest BCUT2D eigenvalue weighted by atomic mass is 32.2. The van der Waals surface area contributed by atoms with Crippen LogP contribution in [0.25, 0.3) is 0 Å². The van der Waals surface area contributed by atoms with Crippen LogP contribution in [0.15, 0.2) is 34.5 Å². The van der Waals surface area contributed by atoms with Crippen LogP contribution in [0.4, 0.5) is 0 Å². The van der Waals surface area contributed by atoms with Gasteiger partial charge in [-0.3, -0.25) is 9.69 Å². The minimum atomic E-state index is -0.624. The van der Waals surface area contributed by atoms with Crippen molar-refractivity contribution in [1.29, 1.82) is 0 Å². The van der Waals surface area contributed by atoms with E-state index in [2.05, 4.69) is 4.99 Å².